The van der Waals surface area contributed by atoms with Crippen molar-refractivity contribution in [3.63, 3.8) is 0 Å². The summed E-state index contributed by atoms with van der Waals surface area (Å²) in [5.41, 5.74) is 2.48. The van der Waals surface area contributed by atoms with Crippen molar-refractivity contribution in [1.29, 1.82) is 0 Å². The molecule has 0 amide bonds. The minimum absolute atomic E-state index is 0.797. The van der Waals surface area contributed by atoms with Gasteiger partial charge >= 0.3 is 0 Å². The van der Waals surface area contributed by atoms with Crippen LogP contribution in [0.5, 0.6) is 0 Å². The fourth-order valence-electron chi connectivity index (χ4n) is 4.34. The average molecular weight is 357 g/mol. The van der Waals surface area contributed by atoms with E-state index in [1.807, 2.05) is 6.20 Å². The minimum atomic E-state index is 0.797. The summed E-state index contributed by atoms with van der Waals surface area (Å²) in [5.74, 6) is 5.87. The lowest BCUT2D eigenvalue weighted by Crippen LogP contribution is -2.23. The Morgan fingerprint density at radius 1 is 0.923 bits per heavy atom. The van der Waals surface area contributed by atoms with E-state index in [-0.39, 0.29) is 0 Å². The second-order valence-electron chi connectivity index (χ2n) is 8.95. The van der Waals surface area contributed by atoms with Crippen LogP contribution in [0, 0.1) is 37.5 Å². The fourth-order valence-corrected chi connectivity index (χ4v) is 4.34. The lowest BCUT2D eigenvalue weighted by Gasteiger charge is -2.26. The molecule has 0 radical (unpaired) electrons. The molecule has 26 heavy (non-hydrogen) atoms. The summed E-state index contributed by atoms with van der Waals surface area (Å²) in [7, 11) is 0. The maximum absolute atomic E-state index is 4.55. The number of hydrogen-bond donors (Lipinski definition) is 0. The second kappa shape index (κ2) is 7.98. The minimum Gasteiger partial charge on any atom is -0.335 e. The zero-order valence-corrected chi connectivity index (χ0v) is 17.5. The van der Waals surface area contributed by atoms with E-state index in [0.29, 0.717) is 0 Å². The van der Waals surface area contributed by atoms with Gasteiger partial charge in [0.25, 0.3) is 0 Å². The molecule has 2 unspecified atom stereocenters. The van der Waals surface area contributed by atoms with Gasteiger partial charge in [-0.2, -0.15) is 0 Å². The molecule has 4 nitrogen and oxygen atoms in total. The fraction of sp³-hybridized carbons (Fsp3) is 0.727. The van der Waals surface area contributed by atoms with E-state index < -0.39 is 0 Å². The molecule has 144 valence electrons. The van der Waals surface area contributed by atoms with Gasteiger partial charge in [0.15, 0.2) is 0 Å². The van der Waals surface area contributed by atoms with Gasteiger partial charge in [-0.3, -0.25) is 0 Å². The van der Waals surface area contributed by atoms with Gasteiger partial charge in [-0.1, -0.05) is 27.7 Å². The van der Waals surface area contributed by atoms with Crippen LogP contribution >= 0.6 is 0 Å². The van der Waals surface area contributed by atoms with Crippen LogP contribution < -0.4 is 0 Å². The normalized spacial score (nSPS) is 22.0. The van der Waals surface area contributed by atoms with Gasteiger partial charge in [-0.05, 0) is 50.4 Å². The number of rotatable bonds is 2. The Kier molecular flexibility index (Phi) is 5.89. The Morgan fingerprint density at radius 2 is 1.54 bits per heavy atom. The maximum Gasteiger partial charge on any atom is 0.109 e. The van der Waals surface area contributed by atoms with Crippen LogP contribution in [0.1, 0.15) is 63.6 Å². The van der Waals surface area contributed by atoms with Crippen molar-refractivity contribution in [2.24, 2.45) is 23.7 Å². The van der Waals surface area contributed by atoms with Gasteiger partial charge in [0.1, 0.15) is 11.6 Å². The highest BCUT2D eigenvalue weighted by Gasteiger charge is 2.23. The zero-order valence-electron chi connectivity index (χ0n) is 17.5. The quantitative estimate of drug-likeness (QED) is 0.773. The van der Waals surface area contributed by atoms with Crippen LogP contribution in [0.3, 0.4) is 0 Å². The Morgan fingerprint density at radius 3 is 2.19 bits per heavy atom. The van der Waals surface area contributed by atoms with Crippen LogP contribution in [0.4, 0.5) is 0 Å². The van der Waals surface area contributed by atoms with Crippen LogP contribution in [-0.2, 0) is 25.9 Å². The van der Waals surface area contributed by atoms with Crippen LogP contribution in [0.2, 0.25) is 0 Å². The monoisotopic (exact) mass is 356 g/mol. The first-order valence-electron chi connectivity index (χ1n) is 10.4. The van der Waals surface area contributed by atoms with Crippen LogP contribution in [-0.4, -0.2) is 19.1 Å². The molecule has 2 aliphatic heterocycles. The summed E-state index contributed by atoms with van der Waals surface area (Å²) >= 11 is 0. The van der Waals surface area contributed by atoms with E-state index in [1.165, 1.54) is 61.8 Å². The van der Waals surface area contributed by atoms with Crippen LogP contribution in [0.25, 0.3) is 0 Å². The smallest absolute Gasteiger partial charge is 0.109 e. The summed E-state index contributed by atoms with van der Waals surface area (Å²) in [6.07, 6.45) is 9.16. The Balaban J connectivity index is 0.000000151. The molecule has 0 N–H and O–H groups in total. The van der Waals surface area contributed by atoms with E-state index in [9.17, 15) is 0 Å². The predicted molar refractivity (Wildman–Crippen MR) is 107 cm³/mol. The molecule has 0 aliphatic carbocycles. The molecule has 0 saturated heterocycles. The third kappa shape index (κ3) is 4.21. The molecule has 0 fully saturated rings. The Hall–Kier alpha value is -1.58. The number of fused-ring (bicyclic) bond motifs is 2. The summed E-state index contributed by atoms with van der Waals surface area (Å²) < 4.78 is 4.67. The van der Waals surface area contributed by atoms with E-state index in [2.05, 4.69) is 66.8 Å². The van der Waals surface area contributed by atoms with Crippen molar-refractivity contribution in [2.75, 3.05) is 0 Å². The second-order valence-corrected chi connectivity index (χ2v) is 8.95. The number of imidazole rings is 2. The molecule has 2 aliphatic rings. The van der Waals surface area contributed by atoms with Gasteiger partial charge in [-0.25, -0.2) is 9.97 Å². The lowest BCUT2D eigenvalue weighted by atomic mass is 9.87. The molecule has 2 atom stereocenters. The highest BCUT2D eigenvalue weighted by molar-refractivity contribution is 5.07. The third-order valence-electron chi connectivity index (χ3n) is 6.36. The SMILES string of the molecule is Cc1cn2c(n1)CC(C(C)C)CC2.Cc1cnc2n1CCC(C(C)C)C2. The van der Waals surface area contributed by atoms with Gasteiger partial charge < -0.3 is 9.13 Å². The van der Waals surface area contributed by atoms with Gasteiger partial charge in [-0.15, -0.1) is 0 Å². The summed E-state index contributed by atoms with van der Waals surface area (Å²) in [6, 6.07) is 0. The van der Waals surface area contributed by atoms with Crippen molar-refractivity contribution in [3.8, 4) is 0 Å². The summed E-state index contributed by atoms with van der Waals surface area (Å²) in [5, 5.41) is 0. The molecular weight excluding hydrogens is 320 g/mol. The average Bonchev–Trinajstić information content (AvgIpc) is 3.16. The lowest BCUT2D eigenvalue weighted by molar-refractivity contribution is 0.297. The number of aryl methyl sites for hydroxylation is 3. The zero-order chi connectivity index (χ0) is 18.8. The highest BCUT2D eigenvalue weighted by Crippen LogP contribution is 2.27. The van der Waals surface area contributed by atoms with Crippen molar-refractivity contribution in [1.82, 2.24) is 19.1 Å². The number of hydrogen-bond acceptors (Lipinski definition) is 2. The molecule has 2 aromatic rings. The standard InChI is InChI=1S/2C11H18N2/c1-8(2)10-4-5-13-7-9(3)12-11(13)6-10;1-8(2)10-4-5-13-9(3)7-12-11(13)6-10/h2*7-8,10H,4-6H2,1-3H3. The first-order chi connectivity index (χ1) is 12.3. The first kappa shape index (κ1) is 19.2. The topological polar surface area (TPSA) is 35.6 Å². The maximum atomic E-state index is 4.55. The number of aromatic nitrogens is 4. The van der Waals surface area contributed by atoms with Gasteiger partial charge in [0.05, 0.1) is 5.69 Å². The Labute approximate surface area is 159 Å². The summed E-state index contributed by atoms with van der Waals surface area (Å²) in [6.45, 7) is 15.8. The first-order valence-corrected chi connectivity index (χ1v) is 10.4. The Bertz CT molecular complexity index is 713. The molecule has 4 heteroatoms. The third-order valence-corrected chi connectivity index (χ3v) is 6.36. The molecular formula is C22H36N4. The number of nitrogens with zero attached hydrogens (tertiary/aromatic N) is 4. The molecule has 0 saturated carbocycles. The van der Waals surface area contributed by atoms with E-state index in [4.69, 9.17) is 0 Å². The molecule has 0 aromatic carbocycles. The predicted octanol–water partition coefficient (Wildman–Crippen LogP) is 4.82. The van der Waals surface area contributed by atoms with Crippen molar-refractivity contribution in [3.05, 3.63) is 35.4 Å². The van der Waals surface area contributed by atoms with Crippen molar-refractivity contribution in [2.45, 2.75) is 80.3 Å². The van der Waals surface area contributed by atoms with Crippen molar-refractivity contribution < 1.29 is 0 Å². The summed E-state index contributed by atoms with van der Waals surface area (Å²) in [4.78, 5) is 9.00. The van der Waals surface area contributed by atoms with Gasteiger partial charge in [0, 0.05) is 44.0 Å². The molecule has 4 rings (SSSR count). The van der Waals surface area contributed by atoms with E-state index >= 15 is 0 Å². The van der Waals surface area contributed by atoms with E-state index in [1.54, 1.807) is 0 Å². The molecule has 0 bridgehead atoms. The molecule has 2 aromatic heterocycles. The van der Waals surface area contributed by atoms with Crippen molar-refractivity contribution >= 4 is 0 Å². The molecule has 0 spiro atoms. The largest absolute Gasteiger partial charge is 0.335 e. The molecule has 4 heterocycles. The van der Waals surface area contributed by atoms with Gasteiger partial charge in [0.2, 0.25) is 0 Å². The van der Waals surface area contributed by atoms with E-state index in [0.717, 1.165) is 23.7 Å². The van der Waals surface area contributed by atoms with Crippen LogP contribution in [0.15, 0.2) is 12.4 Å². The highest BCUT2D eigenvalue weighted by atomic mass is 15.1.